The first kappa shape index (κ1) is 32.4. The Bertz CT molecular complexity index is 1750. The number of hydrogen-bond donors (Lipinski definition) is 1. The number of aromatic nitrogens is 3. The Morgan fingerprint density at radius 3 is 2.77 bits per heavy atom. The zero-order valence-corrected chi connectivity index (χ0v) is 27.0. The Morgan fingerprint density at radius 1 is 1.19 bits per heavy atom. The molecular weight excluding hydrogens is 618 g/mol. The number of amides is 1. The van der Waals surface area contributed by atoms with Crippen LogP contribution < -0.4 is 15.0 Å². The monoisotopic (exact) mass is 658 g/mol. The van der Waals surface area contributed by atoms with E-state index < -0.39 is 17.6 Å². The van der Waals surface area contributed by atoms with Crippen molar-refractivity contribution < 1.29 is 27.8 Å². The van der Waals surface area contributed by atoms with Crippen LogP contribution in [0.3, 0.4) is 0 Å². The molecule has 48 heavy (non-hydrogen) atoms. The summed E-state index contributed by atoms with van der Waals surface area (Å²) in [5, 5.41) is 3.31. The zero-order valence-electron chi connectivity index (χ0n) is 27.0. The predicted octanol–water partition coefficient (Wildman–Crippen LogP) is 3.75. The fourth-order valence-electron chi connectivity index (χ4n) is 7.22. The Labute approximate surface area is 278 Å². The first-order chi connectivity index (χ1) is 23.4. The molecule has 4 aliphatic rings. The van der Waals surface area contributed by atoms with Gasteiger partial charge in [-0.15, -0.1) is 6.42 Å². The molecular formula is C36H40F2N6O4. The molecule has 2 aliphatic carbocycles. The summed E-state index contributed by atoms with van der Waals surface area (Å²) < 4.78 is 49.4. The van der Waals surface area contributed by atoms with Crippen LogP contribution in [-0.4, -0.2) is 97.6 Å². The molecule has 2 aromatic heterocycles. The van der Waals surface area contributed by atoms with E-state index in [9.17, 15) is 9.18 Å². The first-order valence-corrected chi connectivity index (χ1v) is 16.7. The molecule has 0 unspecified atom stereocenters. The van der Waals surface area contributed by atoms with E-state index in [4.69, 9.17) is 25.6 Å². The van der Waals surface area contributed by atoms with E-state index in [-0.39, 0.29) is 40.1 Å². The molecule has 0 spiro atoms. The van der Waals surface area contributed by atoms with Crippen molar-refractivity contribution in [3.63, 3.8) is 0 Å². The normalized spacial score (nSPS) is 22.3. The highest BCUT2D eigenvalue weighted by Gasteiger charge is 2.45. The number of carbonyl (C=O) groups is 1. The van der Waals surface area contributed by atoms with Gasteiger partial charge in [0.2, 0.25) is 5.91 Å². The number of morpholine rings is 1. The second-order valence-corrected chi connectivity index (χ2v) is 13.2. The minimum Gasteiger partial charge on any atom is -0.463 e. The third-order valence-corrected chi connectivity index (χ3v) is 9.94. The molecule has 12 heteroatoms. The summed E-state index contributed by atoms with van der Waals surface area (Å²) in [5.41, 5.74) is 1.89. The lowest BCUT2D eigenvalue weighted by atomic mass is 9.78. The lowest BCUT2D eigenvalue weighted by Crippen LogP contribution is -2.44. The van der Waals surface area contributed by atoms with Gasteiger partial charge in [-0.2, -0.15) is 9.97 Å². The maximum atomic E-state index is 16.9. The number of nitrogens with zero attached hydrogens (tertiary/aromatic N) is 5. The van der Waals surface area contributed by atoms with Crippen molar-refractivity contribution in [2.75, 3.05) is 70.7 Å². The number of anilines is 1. The molecule has 7 rings (SSSR count). The third kappa shape index (κ3) is 6.59. The largest absolute Gasteiger partial charge is 0.463 e. The highest BCUT2D eigenvalue weighted by Crippen LogP contribution is 2.47. The number of terminal acetylenes is 1. The number of nitrogens with one attached hydrogen (secondary N) is 1. The summed E-state index contributed by atoms with van der Waals surface area (Å²) in [6, 6.07) is 2.82. The Balaban J connectivity index is 1.27. The number of carbonyl (C=O) groups excluding carboxylic acids is 1. The molecule has 252 valence electrons. The van der Waals surface area contributed by atoms with Crippen molar-refractivity contribution >= 4 is 22.6 Å². The van der Waals surface area contributed by atoms with Crippen molar-refractivity contribution in [1.82, 2.24) is 25.2 Å². The first-order valence-electron chi connectivity index (χ1n) is 16.7. The van der Waals surface area contributed by atoms with Crippen LogP contribution in [0.5, 0.6) is 6.01 Å². The van der Waals surface area contributed by atoms with E-state index >= 15 is 4.39 Å². The fraction of sp³-hybridized carbons (Fsp3) is 0.500. The molecule has 1 saturated carbocycles. The molecule has 4 heterocycles. The van der Waals surface area contributed by atoms with Crippen LogP contribution in [0.1, 0.15) is 54.0 Å². The minimum absolute atomic E-state index is 0.0181. The molecule has 0 radical (unpaired) electrons. The van der Waals surface area contributed by atoms with E-state index in [1.807, 2.05) is 4.90 Å². The molecule has 1 aromatic carbocycles. The second-order valence-electron chi connectivity index (χ2n) is 13.2. The number of pyridine rings is 1. The van der Waals surface area contributed by atoms with Gasteiger partial charge in [0.15, 0.2) is 5.82 Å². The van der Waals surface area contributed by atoms with Crippen LogP contribution in [-0.2, 0) is 20.7 Å². The quantitative estimate of drug-likeness (QED) is 0.272. The van der Waals surface area contributed by atoms with Crippen LogP contribution in [0.2, 0.25) is 0 Å². The van der Waals surface area contributed by atoms with Gasteiger partial charge in [-0.25, -0.2) is 8.78 Å². The smallest absolute Gasteiger partial charge is 0.319 e. The number of fused-ring (bicyclic) bond motifs is 2. The molecule has 2 saturated heterocycles. The lowest BCUT2D eigenvalue weighted by molar-refractivity contribution is -0.117. The topological polar surface area (TPSA) is 102 Å². The molecule has 1 N–H and O–H groups in total. The number of ether oxygens (including phenoxy) is 3. The second kappa shape index (κ2) is 13.7. The molecule has 0 bridgehead atoms. The highest BCUT2D eigenvalue weighted by molar-refractivity contribution is 5.90. The van der Waals surface area contributed by atoms with E-state index in [0.29, 0.717) is 56.1 Å². The minimum atomic E-state index is -0.608. The summed E-state index contributed by atoms with van der Waals surface area (Å²) in [5.74, 6) is 0.980. The van der Waals surface area contributed by atoms with Gasteiger partial charge in [-0.05, 0) is 55.4 Å². The number of hydrogen-bond acceptors (Lipinski definition) is 9. The molecule has 3 fully saturated rings. The zero-order chi connectivity index (χ0) is 33.3. The van der Waals surface area contributed by atoms with Gasteiger partial charge < -0.3 is 24.4 Å². The van der Waals surface area contributed by atoms with Gasteiger partial charge in [-0.3, -0.25) is 14.7 Å². The molecule has 2 aliphatic heterocycles. The summed E-state index contributed by atoms with van der Waals surface area (Å²) in [4.78, 5) is 30.6. The van der Waals surface area contributed by atoms with E-state index in [1.54, 1.807) is 12.3 Å². The predicted molar refractivity (Wildman–Crippen MR) is 176 cm³/mol. The van der Waals surface area contributed by atoms with Crippen LogP contribution in [0.4, 0.5) is 14.6 Å². The SMILES string of the molecule is C#Cc1c(F)ccc2c1[C@@H](c1ncc3c(N4CCOC[C@@H](NC(=O)C=C)C4)nc(OCC4(CN5CCOCC5)CC4)nc3c1F)CCC2. The Kier molecular flexibility index (Phi) is 9.27. The van der Waals surface area contributed by atoms with Gasteiger partial charge in [0.1, 0.15) is 17.2 Å². The van der Waals surface area contributed by atoms with Crippen LogP contribution in [0.25, 0.3) is 10.9 Å². The summed E-state index contributed by atoms with van der Waals surface area (Å²) in [7, 11) is 0. The maximum Gasteiger partial charge on any atom is 0.319 e. The van der Waals surface area contributed by atoms with Crippen LogP contribution in [0, 0.1) is 29.4 Å². The van der Waals surface area contributed by atoms with Crippen LogP contribution >= 0.6 is 0 Å². The number of rotatable bonds is 9. The van der Waals surface area contributed by atoms with Gasteiger partial charge in [0, 0.05) is 50.3 Å². The summed E-state index contributed by atoms with van der Waals surface area (Å²) >= 11 is 0. The summed E-state index contributed by atoms with van der Waals surface area (Å²) in [6.45, 7) is 9.53. The van der Waals surface area contributed by atoms with E-state index in [1.165, 1.54) is 12.1 Å². The van der Waals surface area contributed by atoms with Gasteiger partial charge in [-0.1, -0.05) is 18.6 Å². The van der Waals surface area contributed by atoms with Crippen molar-refractivity contribution in [1.29, 1.82) is 0 Å². The number of halogens is 2. The van der Waals surface area contributed by atoms with Crippen molar-refractivity contribution in [2.24, 2.45) is 5.41 Å². The standard InChI is InChI=1S/C36H40F2N6O4/c1-3-25-28(37)9-8-23-6-5-7-26(30(23)25)32-31(38)33-27(18-39-32)34(44-14-17-47-20-24(19-44)40-29(45)4-2)42-35(41-33)48-22-36(10-11-36)21-43-12-15-46-16-13-43/h1,4,8-9,18,24,26H,2,5-7,10-17,19-22H2,(H,40,45)/t24-,26-/m0/s1. The summed E-state index contributed by atoms with van der Waals surface area (Å²) in [6.07, 6.45) is 12.7. The molecule has 3 aromatic rings. The number of aryl methyl sites for hydroxylation is 1. The Morgan fingerprint density at radius 2 is 2.00 bits per heavy atom. The van der Waals surface area contributed by atoms with E-state index in [2.05, 4.69) is 32.7 Å². The maximum absolute atomic E-state index is 16.9. The van der Waals surface area contributed by atoms with Gasteiger partial charge >= 0.3 is 6.01 Å². The molecule has 10 nitrogen and oxygen atoms in total. The molecule has 1 amide bonds. The average molecular weight is 659 g/mol. The van der Waals surface area contributed by atoms with Gasteiger partial charge in [0.25, 0.3) is 0 Å². The lowest BCUT2D eigenvalue weighted by Gasteiger charge is -2.30. The number of benzene rings is 1. The molecule has 2 atom stereocenters. The van der Waals surface area contributed by atoms with Crippen molar-refractivity contribution in [3.8, 4) is 18.4 Å². The van der Waals surface area contributed by atoms with Gasteiger partial charge in [0.05, 0.1) is 55.7 Å². The third-order valence-electron chi connectivity index (χ3n) is 9.94. The van der Waals surface area contributed by atoms with Crippen molar-refractivity contribution in [3.05, 3.63) is 65.0 Å². The van der Waals surface area contributed by atoms with E-state index in [0.717, 1.165) is 64.1 Å². The van der Waals surface area contributed by atoms with Crippen molar-refractivity contribution in [2.45, 2.75) is 44.1 Å². The highest BCUT2D eigenvalue weighted by atomic mass is 19.1. The van der Waals surface area contributed by atoms with Crippen LogP contribution in [0.15, 0.2) is 31.0 Å². The average Bonchev–Trinajstić information content (AvgIpc) is 3.91. The fourth-order valence-corrected chi connectivity index (χ4v) is 7.22. The Hall–Kier alpha value is -4.18.